The van der Waals surface area contributed by atoms with Crippen molar-refractivity contribution in [3.63, 3.8) is 0 Å². The summed E-state index contributed by atoms with van der Waals surface area (Å²) in [6.07, 6.45) is 0. The third kappa shape index (κ3) is 3.71. The molecule has 0 aliphatic carbocycles. The van der Waals surface area contributed by atoms with Crippen LogP contribution in [0.25, 0.3) is 16.6 Å². The fraction of sp³-hybridized carbons (Fsp3) is 0.0435. The Morgan fingerprint density at radius 1 is 0.897 bits per heavy atom. The molecule has 29 heavy (non-hydrogen) atoms. The molecule has 6 heteroatoms. The van der Waals surface area contributed by atoms with E-state index in [1.165, 1.54) is 0 Å². The highest BCUT2D eigenvalue weighted by atomic mass is 35.5. The first-order valence-corrected chi connectivity index (χ1v) is 9.52. The molecule has 3 aromatic carbocycles. The molecule has 0 saturated heterocycles. The second-order valence-electron chi connectivity index (χ2n) is 6.50. The van der Waals surface area contributed by atoms with Gasteiger partial charge in [0.25, 0.3) is 5.56 Å². The zero-order valence-corrected chi connectivity index (χ0v) is 16.8. The molecule has 0 saturated carbocycles. The number of nitrogens with zero attached hydrogens (tertiary/aromatic N) is 1. The van der Waals surface area contributed by atoms with Gasteiger partial charge in [-0.3, -0.25) is 4.79 Å². The van der Waals surface area contributed by atoms with Gasteiger partial charge >= 0.3 is 5.69 Å². The minimum Gasteiger partial charge on any atom is -0.306 e. The predicted octanol–water partition coefficient (Wildman–Crippen LogP) is 4.69. The average Bonchev–Trinajstić information content (AvgIpc) is 2.67. The van der Waals surface area contributed by atoms with Crippen LogP contribution < -0.4 is 11.2 Å². The standard InChI is InChI=1S/C23H14Cl2N2O2/c1-14-11-17(24)13-19-21(14)22(28)27(23(29)26-19)20-10-9-16(12-18(20)25)8-7-15-5-3-2-4-6-15/h2-6,9-13H,1H3,(H,26,29). The molecular formula is C23H14Cl2N2O2. The van der Waals surface area contributed by atoms with Gasteiger partial charge in [-0.25, -0.2) is 9.36 Å². The Morgan fingerprint density at radius 3 is 2.34 bits per heavy atom. The summed E-state index contributed by atoms with van der Waals surface area (Å²) in [6, 6.07) is 17.8. The molecule has 4 nitrogen and oxygen atoms in total. The van der Waals surface area contributed by atoms with E-state index < -0.39 is 11.2 Å². The Hall–Kier alpha value is -3.26. The number of aryl methyl sites for hydroxylation is 1. The van der Waals surface area contributed by atoms with Gasteiger partial charge in [0, 0.05) is 16.1 Å². The number of H-pyrrole nitrogens is 1. The largest absolute Gasteiger partial charge is 0.333 e. The fourth-order valence-corrected chi connectivity index (χ4v) is 3.69. The fourth-order valence-electron chi connectivity index (χ4n) is 3.15. The first-order chi connectivity index (χ1) is 13.9. The van der Waals surface area contributed by atoms with Crippen LogP contribution in [0.3, 0.4) is 0 Å². The number of nitrogens with one attached hydrogen (secondary N) is 1. The van der Waals surface area contributed by atoms with E-state index in [4.69, 9.17) is 23.2 Å². The number of aromatic nitrogens is 2. The van der Waals surface area contributed by atoms with Gasteiger partial charge in [0.2, 0.25) is 0 Å². The van der Waals surface area contributed by atoms with Crippen molar-refractivity contribution in [2.24, 2.45) is 0 Å². The van der Waals surface area contributed by atoms with E-state index in [1.807, 2.05) is 30.3 Å². The second-order valence-corrected chi connectivity index (χ2v) is 7.34. The van der Waals surface area contributed by atoms with Crippen molar-refractivity contribution < 1.29 is 0 Å². The molecule has 0 atom stereocenters. The molecular weight excluding hydrogens is 407 g/mol. The molecule has 0 spiro atoms. The topological polar surface area (TPSA) is 54.9 Å². The van der Waals surface area contributed by atoms with Crippen molar-refractivity contribution in [3.05, 3.63) is 108 Å². The summed E-state index contributed by atoms with van der Waals surface area (Å²) in [6.45, 7) is 1.77. The molecule has 142 valence electrons. The molecule has 1 aromatic heterocycles. The number of hydrogen-bond acceptors (Lipinski definition) is 2. The molecule has 1 N–H and O–H groups in total. The van der Waals surface area contributed by atoms with Crippen molar-refractivity contribution in [3.8, 4) is 17.5 Å². The summed E-state index contributed by atoms with van der Waals surface area (Å²) < 4.78 is 1.03. The average molecular weight is 421 g/mol. The summed E-state index contributed by atoms with van der Waals surface area (Å²) in [5.74, 6) is 6.08. The van der Waals surface area contributed by atoms with Crippen LogP contribution in [0, 0.1) is 18.8 Å². The molecule has 1 heterocycles. The minimum absolute atomic E-state index is 0.253. The van der Waals surface area contributed by atoms with E-state index in [0.717, 1.165) is 10.1 Å². The van der Waals surface area contributed by atoms with Crippen LogP contribution >= 0.6 is 23.2 Å². The molecule has 0 fully saturated rings. The third-order valence-electron chi connectivity index (χ3n) is 4.48. The van der Waals surface area contributed by atoms with Crippen LogP contribution in [0.5, 0.6) is 0 Å². The Bertz CT molecular complexity index is 1430. The lowest BCUT2D eigenvalue weighted by molar-refractivity contribution is 0.900. The van der Waals surface area contributed by atoms with Gasteiger partial charge in [-0.05, 0) is 55.0 Å². The maximum absolute atomic E-state index is 13.0. The first-order valence-electron chi connectivity index (χ1n) is 8.76. The molecule has 0 bridgehead atoms. The third-order valence-corrected chi connectivity index (χ3v) is 5.00. The lowest BCUT2D eigenvalue weighted by atomic mass is 10.1. The molecule has 0 aliphatic rings. The van der Waals surface area contributed by atoms with Crippen LogP contribution in [0.15, 0.2) is 70.3 Å². The van der Waals surface area contributed by atoms with Gasteiger partial charge in [-0.2, -0.15) is 0 Å². The van der Waals surface area contributed by atoms with Gasteiger partial charge in [0.15, 0.2) is 0 Å². The quantitative estimate of drug-likeness (QED) is 0.454. The van der Waals surface area contributed by atoms with E-state index in [1.54, 1.807) is 37.3 Å². The lowest BCUT2D eigenvalue weighted by Crippen LogP contribution is -2.34. The smallest absolute Gasteiger partial charge is 0.306 e. The Labute approximate surface area is 176 Å². The monoisotopic (exact) mass is 420 g/mol. The van der Waals surface area contributed by atoms with Crippen LogP contribution in [0.2, 0.25) is 10.0 Å². The summed E-state index contributed by atoms with van der Waals surface area (Å²) in [5, 5.41) is 1.09. The molecule has 4 rings (SSSR count). The van der Waals surface area contributed by atoms with Crippen LogP contribution in [0.4, 0.5) is 0 Å². The van der Waals surface area contributed by atoms with Gasteiger partial charge in [0.05, 0.1) is 21.6 Å². The lowest BCUT2D eigenvalue weighted by Gasteiger charge is -2.10. The zero-order chi connectivity index (χ0) is 20.5. The van der Waals surface area contributed by atoms with E-state index in [-0.39, 0.29) is 5.02 Å². The normalized spacial score (nSPS) is 10.6. The Kier molecular flexibility index (Phi) is 5.02. The Balaban J connectivity index is 1.84. The molecule has 0 radical (unpaired) electrons. The first kappa shape index (κ1) is 19.1. The SMILES string of the molecule is Cc1cc(Cl)cc2[nH]c(=O)n(-c3ccc(C#Cc4ccccc4)cc3Cl)c(=O)c12. The molecule has 0 unspecified atom stereocenters. The highest BCUT2D eigenvalue weighted by Crippen LogP contribution is 2.22. The summed E-state index contributed by atoms with van der Waals surface area (Å²) >= 11 is 12.4. The van der Waals surface area contributed by atoms with Crippen molar-refractivity contribution in [1.82, 2.24) is 9.55 Å². The zero-order valence-electron chi connectivity index (χ0n) is 15.3. The molecule has 0 aliphatic heterocycles. The molecule has 0 amide bonds. The summed E-state index contributed by atoms with van der Waals surface area (Å²) in [7, 11) is 0. The van der Waals surface area contributed by atoms with Gasteiger partial charge in [-0.1, -0.05) is 53.2 Å². The van der Waals surface area contributed by atoms with Crippen molar-refractivity contribution in [2.75, 3.05) is 0 Å². The minimum atomic E-state index is -0.589. The maximum atomic E-state index is 13.0. The van der Waals surface area contributed by atoms with Crippen molar-refractivity contribution in [2.45, 2.75) is 6.92 Å². The number of hydrogen-bond donors (Lipinski definition) is 1. The number of rotatable bonds is 1. The predicted molar refractivity (Wildman–Crippen MR) is 117 cm³/mol. The number of halogens is 2. The highest BCUT2D eigenvalue weighted by molar-refractivity contribution is 6.32. The number of aromatic amines is 1. The summed E-state index contributed by atoms with van der Waals surface area (Å²) in [4.78, 5) is 28.3. The van der Waals surface area contributed by atoms with E-state index in [0.29, 0.717) is 32.7 Å². The van der Waals surface area contributed by atoms with E-state index in [9.17, 15) is 9.59 Å². The van der Waals surface area contributed by atoms with Crippen LogP contribution in [-0.2, 0) is 0 Å². The highest BCUT2D eigenvalue weighted by Gasteiger charge is 2.14. The van der Waals surface area contributed by atoms with Crippen molar-refractivity contribution in [1.29, 1.82) is 0 Å². The summed E-state index contributed by atoms with van der Waals surface area (Å²) in [5.41, 5.74) is 1.86. The van der Waals surface area contributed by atoms with Crippen LogP contribution in [0.1, 0.15) is 16.7 Å². The van der Waals surface area contributed by atoms with Gasteiger partial charge < -0.3 is 4.98 Å². The number of fused-ring (bicyclic) bond motifs is 1. The Morgan fingerprint density at radius 2 is 1.62 bits per heavy atom. The molecule has 4 aromatic rings. The van der Waals surface area contributed by atoms with Gasteiger partial charge in [0.1, 0.15) is 0 Å². The van der Waals surface area contributed by atoms with Crippen molar-refractivity contribution >= 4 is 34.1 Å². The number of benzene rings is 3. The second kappa shape index (κ2) is 7.63. The van der Waals surface area contributed by atoms with E-state index >= 15 is 0 Å². The van der Waals surface area contributed by atoms with Gasteiger partial charge in [-0.15, -0.1) is 0 Å². The van der Waals surface area contributed by atoms with Crippen LogP contribution in [-0.4, -0.2) is 9.55 Å². The maximum Gasteiger partial charge on any atom is 0.333 e. The van der Waals surface area contributed by atoms with E-state index in [2.05, 4.69) is 16.8 Å².